The highest BCUT2D eigenvalue weighted by molar-refractivity contribution is 5.91. The van der Waals surface area contributed by atoms with E-state index in [-0.39, 0.29) is 5.92 Å². The van der Waals surface area contributed by atoms with Crippen LogP contribution in [0.2, 0.25) is 0 Å². The van der Waals surface area contributed by atoms with Gasteiger partial charge < -0.3 is 9.84 Å². The molecule has 4 nitrogen and oxygen atoms in total. The second-order valence-electron chi connectivity index (χ2n) is 9.18. The molecule has 1 aliphatic rings. The van der Waals surface area contributed by atoms with Gasteiger partial charge in [-0.15, -0.1) is 0 Å². The number of fused-ring (bicyclic) bond motifs is 2. The summed E-state index contributed by atoms with van der Waals surface area (Å²) >= 11 is 0. The van der Waals surface area contributed by atoms with Crippen molar-refractivity contribution in [3.05, 3.63) is 76.6 Å². The first-order valence-electron chi connectivity index (χ1n) is 10.6. The van der Waals surface area contributed by atoms with Gasteiger partial charge in [0, 0.05) is 12.1 Å². The molecule has 0 saturated carbocycles. The molecule has 4 heteroatoms. The largest absolute Gasteiger partial charge is 0.479 e. The fourth-order valence-electron chi connectivity index (χ4n) is 4.74. The van der Waals surface area contributed by atoms with Crippen LogP contribution in [0.5, 0.6) is 0 Å². The molecule has 156 valence electrons. The Morgan fingerprint density at radius 1 is 1.20 bits per heavy atom. The van der Waals surface area contributed by atoms with Crippen LogP contribution in [0.4, 0.5) is 0 Å². The minimum absolute atomic E-state index is 0.0557. The summed E-state index contributed by atoms with van der Waals surface area (Å²) in [5, 5.41) is 12.4. The van der Waals surface area contributed by atoms with Crippen molar-refractivity contribution >= 4 is 16.7 Å². The van der Waals surface area contributed by atoms with Crippen molar-refractivity contribution in [2.45, 2.75) is 64.6 Å². The van der Waals surface area contributed by atoms with Gasteiger partial charge in [0.15, 0.2) is 6.10 Å². The van der Waals surface area contributed by atoms with Gasteiger partial charge in [-0.25, -0.2) is 4.79 Å². The van der Waals surface area contributed by atoms with Gasteiger partial charge in [-0.3, -0.25) is 4.98 Å². The van der Waals surface area contributed by atoms with Crippen molar-refractivity contribution in [1.82, 2.24) is 4.98 Å². The van der Waals surface area contributed by atoms with E-state index in [1.807, 2.05) is 52.1 Å². The maximum Gasteiger partial charge on any atom is 0.337 e. The van der Waals surface area contributed by atoms with Gasteiger partial charge in [-0.05, 0) is 86.1 Å². The van der Waals surface area contributed by atoms with Gasteiger partial charge in [-0.1, -0.05) is 36.4 Å². The van der Waals surface area contributed by atoms with E-state index in [0.29, 0.717) is 0 Å². The number of aryl methyl sites for hydroxylation is 2. The number of hydrogen-bond acceptors (Lipinski definition) is 3. The van der Waals surface area contributed by atoms with Gasteiger partial charge in [0.25, 0.3) is 0 Å². The summed E-state index contributed by atoms with van der Waals surface area (Å²) in [6.07, 6.45) is 3.84. The number of carboxylic acids is 1. The Kier molecular flexibility index (Phi) is 5.37. The lowest BCUT2D eigenvalue weighted by Gasteiger charge is -2.32. The van der Waals surface area contributed by atoms with Gasteiger partial charge in [0.1, 0.15) is 0 Å². The zero-order valence-electron chi connectivity index (χ0n) is 18.1. The van der Waals surface area contributed by atoms with Crippen LogP contribution in [0.3, 0.4) is 0 Å². The van der Waals surface area contributed by atoms with Crippen LogP contribution >= 0.6 is 0 Å². The molecule has 1 N–H and O–H groups in total. The number of aromatic nitrogens is 1. The zero-order valence-corrected chi connectivity index (χ0v) is 18.1. The van der Waals surface area contributed by atoms with Crippen molar-refractivity contribution in [3.8, 4) is 0 Å². The summed E-state index contributed by atoms with van der Waals surface area (Å²) in [4.78, 5) is 17.2. The Labute approximate surface area is 177 Å². The molecule has 3 aromatic rings. The monoisotopic (exact) mass is 403 g/mol. The number of rotatable bonds is 4. The molecule has 0 bridgehead atoms. The van der Waals surface area contributed by atoms with Crippen LogP contribution in [0.25, 0.3) is 10.8 Å². The van der Waals surface area contributed by atoms with Crippen molar-refractivity contribution in [1.29, 1.82) is 0 Å². The molecule has 2 aromatic carbocycles. The Hall–Kier alpha value is -2.72. The first-order chi connectivity index (χ1) is 14.3. The maximum absolute atomic E-state index is 12.4. The number of carboxylic acid groups (broad SMARTS) is 1. The predicted octanol–water partition coefficient (Wildman–Crippen LogP) is 5.95. The standard InChI is InChI=1S/C26H29NO3/c1-16-15-18-9-5-6-12-19(18)22(21(16)24(25(28)29)30-26(2,3)4)20-13-7-10-17-11-8-14-27-23(17)20/h5-6,8-9,11-12,14-15,20,24H,7,10,13H2,1-4H3,(H,28,29)/t20?,24-/m0/s1. The molecule has 0 spiro atoms. The lowest BCUT2D eigenvalue weighted by atomic mass is 9.76. The van der Waals surface area contributed by atoms with Crippen molar-refractivity contribution in [3.63, 3.8) is 0 Å². The summed E-state index contributed by atoms with van der Waals surface area (Å²) in [7, 11) is 0. The summed E-state index contributed by atoms with van der Waals surface area (Å²) in [6.45, 7) is 7.69. The molecular formula is C26H29NO3. The van der Waals surface area contributed by atoms with Crippen LogP contribution in [0.15, 0.2) is 48.7 Å². The molecule has 2 atom stereocenters. The van der Waals surface area contributed by atoms with Gasteiger partial charge in [0.2, 0.25) is 0 Å². The van der Waals surface area contributed by atoms with E-state index in [1.165, 1.54) is 5.56 Å². The molecule has 0 amide bonds. The lowest BCUT2D eigenvalue weighted by Crippen LogP contribution is -2.29. The van der Waals surface area contributed by atoms with Crippen molar-refractivity contribution in [2.75, 3.05) is 0 Å². The minimum atomic E-state index is -1.03. The predicted molar refractivity (Wildman–Crippen MR) is 119 cm³/mol. The fourth-order valence-corrected chi connectivity index (χ4v) is 4.74. The van der Waals surface area contributed by atoms with Crippen molar-refractivity contribution < 1.29 is 14.6 Å². The third kappa shape index (κ3) is 3.84. The SMILES string of the molecule is Cc1cc2ccccc2c(C2CCCc3cccnc32)c1[C@H](OC(C)(C)C)C(=O)O. The van der Waals surface area contributed by atoms with E-state index >= 15 is 0 Å². The molecule has 0 fully saturated rings. The van der Waals surface area contributed by atoms with Gasteiger partial charge >= 0.3 is 5.97 Å². The van der Waals surface area contributed by atoms with Gasteiger partial charge in [-0.2, -0.15) is 0 Å². The topological polar surface area (TPSA) is 59.4 Å². The zero-order chi connectivity index (χ0) is 21.5. The molecule has 0 aliphatic heterocycles. The number of ether oxygens (including phenoxy) is 1. The quantitative estimate of drug-likeness (QED) is 0.584. The summed E-state index contributed by atoms with van der Waals surface area (Å²) in [5.41, 5.74) is 4.53. The number of pyridine rings is 1. The number of carbonyl (C=O) groups is 1. The van der Waals surface area contributed by atoms with E-state index in [9.17, 15) is 9.90 Å². The van der Waals surface area contributed by atoms with E-state index < -0.39 is 17.7 Å². The summed E-state index contributed by atoms with van der Waals surface area (Å²) < 4.78 is 6.11. The first kappa shape index (κ1) is 20.5. The number of hydrogen-bond donors (Lipinski definition) is 1. The molecule has 1 aromatic heterocycles. The molecule has 1 unspecified atom stereocenters. The third-order valence-electron chi connectivity index (χ3n) is 5.84. The average molecular weight is 404 g/mol. The van der Waals surface area contributed by atoms with Crippen molar-refractivity contribution in [2.24, 2.45) is 0 Å². The minimum Gasteiger partial charge on any atom is -0.479 e. The van der Waals surface area contributed by atoms with E-state index in [1.54, 1.807) is 0 Å². The average Bonchev–Trinajstić information content (AvgIpc) is 2.70. The highest BCUT2D eigenvalue weighted by Gasteiger charge is 2.35. The maximum atomic E-state index is 12.4. The lowest BCUT2D eigenvalue weighted by molar-refractivity contribution is -0.160. The van der Waals surface area contributed by atoms with Crippen LogP contribution in [-0.4, -0.2) is 21.7 Å². The second-order valence-corrected chi connectivity index (χ2v) is 9.18. The number of nitrogens with zero attached hydrogens (tertiary/aromatic N) is 1. The van der Waals surface area contributed by atoms with Crippen LogP contribution in [0, 0.1) is 6.92 Å². The molecule has 0 radical (unpaired) electrons. The van der Waals surface area contributed by atoms with Crippen LogP contribution < -0.4 is 0 Å². The third-order valence-corrected chi connectivity index (χ3v) is 5.84. The van der Waals surface area contributed by atoms with E-state index in [0.717, 1.165) is 52.4 Å². The molecule has 1 aliphatic carbocycles. The Balaban J connectivity index is 2.03. The van der Waals surface area contributed by atoms with E-state index in [4.69, 9.17) is 9.72 Å². The van der Waals surface area contributed by atoms with Crippen LogP contribution in [-0.2, 0) is 16.0 Å². The number of aliphatic carboxylic acids is 1. The van der Waals surface area contributed by atoms with Crippen LogP contribution in [0.1, 0.15) is 73.6 Å². The first-order valence-corrected chi connectivity index (χ1v) is 10.6. The second kappa shape index (κ2) is 7.84. The Bertz CT molecular complexity index is 1100. The molecule has 0 saturated heterocycles. The van der Waals surface area contributed by atoms with E-state index in [2.05, 4.69) is 24.3 Å². The smallest absolute Gasteiger partial charge is 0.337 e. The highest BCUT2D eigenvalue weighted by atomic mass is 16.5. The molecule has 1 heterocycles. The summed E-state index contributed by atoms with van der Waals surface area (Å²) in [5.74, 6) is -0.901. The highest BCUT2D eigenvalue weighted by Crippen LogP contribution is 2.44. The summed E-state index contributed by atoms with van der Waals surface area (Å²) in [6, 6.07) is 14.5. The Morgan fingerprint density at radius 3 is 2.70 bits per heavy atom. The fraction of sp³-hybridized carbons (Fsp3) is 0.385. The Morgan fingerprint density at radius 2 is 1.97 bits per heavy atom. The van der Waals surface area contributed by atoms with Gasteiger partial charge in [0.05, 0.1) is 11.3 Å². The molecule has 30 heavy (non-hydrogen) atoms. The normalized spacial score (nSPS) is 17.5. The number of benzene rings is 2. The molecular weight excluding hydrogens is 374 g/mol. The molecule has 4 rings (SSSR count).